The lowest BCUT2D eigenvalue weighted by Crippen LogP contribution is -2.12. The van der Waals surface area contributed by atoms with Crippen molar-refractivity contribution >= 4 is 17.4 Å². The second-order valence-corrected chi connectivity index (χ2v) is 5.29. The number of aromatic nitrogens is 1. The third-order valence-corrected chi connectivity index (χ3v) is 3.74. The molecule has 20 heavy (non-hydrogen) atoms. The van der Waals surface area contributed by atoms with E-state index in [1.165, 1.54) is 16.5 Å². The number of aromatic amines is 1. The van der Waals surface area contributed by atoms with Crippen LogP contribution in [0.4, 0.5) is 0 Å². The SMILES string of the molecule is CCCCC(CCCc1ccc2cc[nH]c2c1)OC=O. The summed E-state index contributed by atoms with van der Waals surface area (Å²) in [7, 11) is 0. The number of carbonyl (C=O) groups is 1. The van der Waals surface area contributed by atoms with Crippen LogP contribution in [-0.2, 0) is 16.0 Å². The lowest BCUT2D eigenvalue weighted by Gasteiger charge is -2.14. The van der Waals surface area contributed by atoms with Gasteiger partial charge < -0.3 is 9.72 Å². The van der Waals surface area contributed by atoms with Crippen LogP contribution in [-0.4, -0.2) is 17.6 Å². The average Bonchev–Trinajstić information content (AvgIpc) is 2.92. The Labute approximate surface area is 120 Å². The Bertz CT molecular complexity index is 533. The molecule has 0 aliphatic heterocycles. The van der Waals surface area contributed by atoms with Crippen molar-refractivity contribution in [1.29, 1.82) is 0 Å². The van der Waals surface area contributed by atoms with Crippen molar-refractivity contribution in [3.63, 3.8) is 0 Å². The number of ether oxygens (including phenoxy) is 1. The van der Waals surface area contributed by atoms with Crippen LogP contribution in [0.25, 0.3) is 10.9 Å². The molecule has 1 atom stereocenters. The summed E-state index contributed by atoms with van der Waals surface area (Å²) < 4.78 is 5.15. The summed E-state index contributed by atoms with van der Waals surface area (Å²) in [6.07, 6.45) is 8.31. The van der Waals surface area contributed by atoms with Gasteiger partial charge in [0.2, 0.25) is 0 Å². The fourth-order valence-electron chi connectivity index (χ4n) is 2.58. The van der Waals surface area contributed by atoms with Crippen LogP contribution in [0, 0.1) is 0 Å². The van der Waals surface area contributed by atoms with E-state index in [0.717, 1.165) is 38.5 Å². The standard InChI is InChI=1S/C17H23NO2/c1-2-3-6-16(20-13-19)7-4-5-14-8-9-15-10-11-18-17(15)12-14/h8-13,16,18H,2-7H2,1H3. The van der Waals surface area contributed by atoms with E-state index in [1.807, 2.05) is 6.20 Å². The third-order valence-electron chi connectivity index (χ3n) is 3.74. The smallest absolute Gasteiger partial charge is 0.293 e. The molecule has 0 saturated heterocycles. The topological polar surface area (TPSA) is 42.1 Å². The molecular weight excluding hydrogens is 250 g/mol. The molecule has 0 aliphatic carbocycles. The first-order valence-corrected chi connectivity index (χ1v) is 7.48. The van der Waals surface area contributed by atoms with Gasteiger partial charge in [-0.1, -0.05) is 31.9 Å². The highest BCUT2D eigenvalue weighted by molar-refractivity contribution is 5.79. The van der Waals surface area contributed by atoms with E-state index in [1.54, 1.807) is 0 Å². The van der Waals surface area contributed by atoms with Gasteiger partial charge in [0.15, 0.2) is 0 Å². The number of hydrogen-bond donors (Lipinski definition) is 1. The summed E-state index contributed by atoms with van der Waals surface area (Å²) in [5, 5.41) is 1.25. The van der Waals surface area contributed by atoms with E-state index >= 15 is 0 Å². The van der Waals surface area contributed by atoms with Gasteiger partial charge in [-0.05, 0) is 48.8 Å². The maximum Gasteiger partial charge on any atom is 0.293 e. The summed E-state index contributed by atoms with van der Waals surface area (Å²) in [6.45, 7) is 2.74. The zero-order valence-corrected chi connectivity index (χ0v) is 12.1. The lowest BCUT2D eigenvalue weighted by atomic mass is 10.0. The first-order chi connectivity index (χ1) is 9.83. The number of nitrogens with one attached hydrogen (secondary N) is 1. The van der Waals surface area contributed by atoms with Crippen LogP contribution in [0.3, 0.4) is 0 Å². The number of carbonyl (C=O) groups excluding carboxylic acids is 1. The van der Waals surface area contributed by atoms with Gasteiger partial charge in [0.25, 0.3) is 6.47 Å². The highest BCUT2D eigenvalue weighted by Gasteiger charge is 2.08. The molecule has 2 aromatic rings. The Morgan fingerprint density at radius 1 is 1.25 bits per heavy atom. The van der Waals surface area contributed by atoms with Gasteiger partial charge in [-0.2, -0.15) is 0 Å². The molecule has 2 rings (SSSR count). The van der Waals surface area contributed by atoms with E-state index in [0.29, 0.717) is 6.47 Å². The van der Waals surface area contributed by atoms with Crippen molar-refractivity contribution in [3.05, 3.63) is 36.0 Å². The monoisotopic (exact) mass is 273 g/mol. The molecule has 0 aliphatic rings. The lowest BCUT2D eigenvalue weighted by molar-refractivity contribution is -0.134. The molecule has 0 spiro atoms. The van der Waals surface area contributed by atoms with Gasteiger partial charge in [0.05, 0.1) is 0 Å². The molecule has 0 amide bonds. The first kappa shape index (κ1) is 14.6. The highest BCUT2D eigenvalue weighted by Crippen LogP contribution is 2.17. The van der Waals surface area contributed by atoms with Crippen LogP contribution in [0.1, 0.15) is 44.6 Å². The van der Waals surface area contributed by atoms with E-state index in [9.17, 15) is 4.79 Å². The van der Waals surface area contributed by atoms with Crippen LogP contribution in [0.5, 0.6) is 0 Å². The maximum absolute atomic E-state index is 10.5. The molecule has 1 aromatic heterocycles. The van der Waals surface area contributed by atoms with E-state index in [2.05, 4.69) is 36.2 Å². The number of benzene rings is 1. The zero-order valence-electron chi connectivity index (χ0n) is 12.1. The molecule has 3 heteroatoms. The number of unbranched alkanes of at least 4 members (excludes halogenated alkanes) is 1. The normalized spacial score (nSPS) is 12.4. The Kier molecular flexibility index (Phi) is 5.66. The molecule has 0 saturated carbocycles. The van der Waals surface area contributed by atoms with Gasteiger partial charge in [-0.3, -0.25) is 4.79 Å². The molecule has 108 valence electrons. The first-order valence-electron chi connectivity index (χ1n) is 7.48. The predicted molar refractivity (Wildman–Crippen MR) is 81.7 cm³/mol. The molecule has 1 unspecified atom stereocenters. The molecule has 1 heterocycles. The van der Waals surface area contributed by atoms with Crippen LogP contribution in [0.2, 0.25) is 0 Å². The van der Waals surface area contributed by atoms with Crippen molar-refractivity contribution in [2.24, 2.45) is 0 Å². The molecule has 0 bridgehead atoms. The molecular formula is C17H23NO2. The quantitative estimate of drug-likeness (QED) is 0.695. The van der Waals surface area contributed by atoms with Gasteiger partial charge in [0.1, 0.15) is 6.10 Å². The Hall–Kier alpha value is -1.77. The van der Waals surface area contributed by atoms with Gasteiger partial charge in [0, 0.05) is 11.7 Å². The van der Waals surface area contributed by atoms with E-state index in [4.69, 9.17) is 4.74 Å². The minimum atomic E-state index is 0.0849. The van der Waals surface area contributed by atoms with E-state index < -0.39 is 0 Å². The third kappa shape index (κ3) is 4.12. The second-order valence-electron chi connectivity index (χ2n) is 5.29. The molecule has 1 N–H and O–H groups in total. The van der Waals surface area contributed by atoms with Crippen LogP contribution < -0.4 is 0 Å². The van der Waals surface area contributed by atoms with Crippen molar-refractivity contribution in [2.45, 2.75) is 51.6 Å². The summed E-state index contributed by atoms with van der Waals surface area (Å²) >= 11 is 0. The van der Waals surface area contributed by atoms with Crippen molar-refractivity contribution in [2.75, 3.05) is 0 Å². The van der Waals surface area contributed by atoms with Gasteiger partial charge in [-0.25, -0.2) is 0 Å². The number of aryl methyl sites for hydroxylation is 1. The molecule has 1 aromatic carbocycles. The van der Waals surface area contributed by atoms with Gasteiger partial charge >= 0.3 is 0 Å². The Morgan fingerprint density at radius 2 is 2.10 bits per heavy atom. The summed E-state index contributed by atoms with van der Waals surface area (Å²) in [5.41, 5.74) is 2.52. The maximum atomic E-state index is 10.5. The fourth-order valence-corrected chi connectivity index (χ4v) is 2.58. The summed E-state index contributed by atoms with van der Waals surface area (Å²) in [5.74, 6) is 0. The average molecular weight is 273 g/mol. The van der Waals surface area contributed by atoms with Crippen LogP contribution >= 0.6 is 0 Å². The van der Waals surface area contributed by atoms with Crippen molar-refractivity contribution in [3.8, 4) is 0 Å². The van der Waals surface area contributed by atoms with Crippen LogP contribution in [0.15, 0.2) is 30.5 Å². The Morgan fingerprint density at radius 3 is 2.90 bits per heavy atom. The van der Waals surface area contributed by atoms with Gasteiger partial charge in [-0.15, -0.1) is 0 Å². The number of rotatable bonds is 9. The zero-order chi connectivity index (χ0) is 14.2. The Balaban J connectivity index is 1.82. The largest absolute Gasteiger partial charge is 0.465 e. The van der Waals surface area contributed by atoms with Crippen molar-refractivity contribution in [1.82, 2.24) is 4.98 Å². The minimum Gasteiger partial charge on any atom is -0.465 e. The molecule has 0 radical (unpaired) electrons. The predicted octanol–water partition coefficient (Wildman–Crippen LogP) is 4.22. The minimum absolute atomic E-state index is 0.0849. The number of fused-ring (bicyclic) bond motifs is 1. The number of hydrogen-bond acceptors (Lipinski definition) is 2. The fraction of sp³-hybridized carbons (Fsp3) is 0.471. The number of H-pyrrole nitrogens is 1. The summed E-state index contributed by atoms with van der Waals surface area (Å²) in [4.78, 5) is 13.7. The summed E-state index contributed by atoms with van der Waals surface area (Å²) in [6, 6.07) is 8.62. The highest BCUT2D eigenvalue weighted by atomic mass is 16.5. The second kappa shape index (κ2) is 7.73. The molecule has 0 fully saturated rings. The molecule has 3 nitrogen and oxygen atoms in total. The van der Waals surface area contributed by atoms with E-state index in [-0.39, 0.29) is 6.10 Å². The van der Waals surface area contributed by atoms with Crippen molar-refractivity contribution < 1.29 is 9.53 Å².